The third kappa shape index (κ3) is 7.37. The minimum atomic E-state index is -5.08. The molecule has 0 spiro atoms. The van der Waals surface area contributed by atoms with Gasteiger partial charge in [-0.2, -0.15) is 13.2 Å². The van der Waals surface area contributed by atoms with Gasteiger partial charge in [0.1, 0.15) is 0 Å². The number of halogens is 3. The second-order valence-electron chi connectivity index (χ2n) is 7.54. The van der Waals surface area contributed by atoms with Crippen LogP contribution in [-0.2, 0) is 24.7 Å². The van der Waals surface area contributed by atoms with Crippen molar-refractivity contribution in [1.29, 1.82) is 0 Å². The predicted octanol–water partition coefficient (Wildman–Crippen LogP) is 1.19. The van der Waals surface area contributed by atoms with Crippen molar-refractivity contribution >= 4 is 25.8 Å². The lowest BCUT2D eigenvalue weighted by atomic mass is 10.0. The van der Waals surface area contributed by atoms with Crippen LogP contribution in [0.2, 0.25) is 0 Å². The molecule has 2 fully saturated rings. The molecule has 2 saturated heterocycles. The zero-order valence-electron chi connectivity index (χ0n) is 16.7. The maximum atomic E-state index is 12.4. The van der Waals surface area contributed by atoms with Gasteiger partial charge in [-0.25, -0.2) is 25.9 Å². The van der Waals surface area contributed by atoms with Crippen molar-refractivity contribution in [3.05, 3.63) is 0 Å². The van der Waals surface area contributed by atoms with E-state index in [1.807, 2.05) is 0 Å². The smallest absolute Gasteiger partial charge is 0.475 e. The van der Waals surface area contributed by atoms with E-state index in [0.717, 1.165) is 6.54 Å². The molecule has 13 heteroatoms. The second kappa shape index (κ2) is 9.92. The van der Waals surface area contributed by atoms with Crippen LogP contribution in [0, 0.1) is 5.92 Å². The zero-order valence-corrected chi connectivity index (χ0v) is 18.4. The fraction of sp³-hybridized carbons (Fsp3) is 0.938. The molecule has 0 bridgehead atoms. The van der Waals surface area contributed by atoms with Crippen LogP contribution >= 0.6 is 0 Å². The zero-order chi connectivity index (χ0) is 22.6. The van der Waals surface area contributed by atoms with Gasteiger partial charge in [0.15, 0.2) is 9.84 Å². The number of sulfonamides is 1. The number of hydrogen-bond donors (Lipinski definition) is 1. The fourth-order valence-corrected chi connectivity index (χ4v) is 6.77. The highest BCUT2D eigenvalue weighted by Crippen LogP contribution is 2.29. The van der Waals surface area contributed by atoms with Crippen LogP contribution in [0.15, 0.2) is 0 Å². The van der Waals surface area contributed by atoms with E-state index in [9.17, 15) is 30.0 Å². The lowest BCUT2D eigenvalue weighted by molar-refractivity contribution is -0.192. The van der Waals surface area contributed by atoms with Gasteiger partial charge in [0, 0.05) is 32.2 Å². The van der Waals surface area contributed by atoms with Gasteiger partial charge in [0.2, 0.25) is 10.0 Å². The van der Waals surface area contributed by atoms with Crippen molar-refractivity contribution in [3.8, 4) is 0 Å². The molecule has 2 rings (SSSR count). The maximum absolute atomic E-state index is 12.4. The minimum absolute atomic E-state index is 0.0433. The molecule has 0 aromatic heterocycles. The Hall–Kier alpha value is -0.920. The topological polar surface area (TPSA) is 112 Å². The average Bonchev–Trinajstić information content (AvgIpc) is 2.81. The van der Waals surface area contributed by atoms with Crippen LogP contribution in [0.4, 0.5) is 13.2 Å². The number of carboxylic acids is 1. The summed E-state index contributed by atoms with van der Waals surface area (Å²) in [7, 11) is -6.36. The van der Waals surface area contributed by atoms with Crippen LogP contribution in [0.3, 0.4) is 0 Å². The molecule has 0 unspecified atom stereocenters. The molecule has 29 heavy (non-hydrogen) atoms. The van der Waals surface area contributed by atoms with Gasteiger partial charge in [-0.1, -0.05) is 13.8 Å². The highest BCUT2D eigenvalue weighted by Gasteiger charge is 2.43. The summed E-state index contributed by atoms with van der Waals surface area (Å²) in [6, 6.07) is -0.0433. The van der Waals surface area contributed by atoms with Crippen LogP contribution in [0.25, 0.3) is 0 Å². The van der Waals surface area contributed by atoms with Crippen LogP contribution in [0.1, 0.15) is 33.6 Å². The van der Waals surface area contributed by atoms with Crippen molar-refractivity contribution < 1.29 is 39.9 Å². The quantitative estimate of drug-likeness (QED) is 0.662. The van der Waals surface area contributed by atoms with Crippen molar-refractivity contribution in [2.75, 3.05) is 37.7 Å². The van der Waals surface area contributed by atoms with E-state index in [4.69, 9.17) is 9.90 Å². The van der Waals surface area contributed by atoms with E-state index in [0.29, 0.717) is 38.4 Å². The summed E-state index contributed by atoms with van der Waals surface area (Å²) in [5.41, 5.74) is 0. The number of rotatable bonds is 4. The highest BCUT2D eigenvalue weighted by atomic mass is 32.2. The molecule has 8 nitrogen and oxygen atoms in total. The van der Waals surface area contributed by atoms with Gasteiger partial charge in [-0.05, 0) is 25.7 Å². The Morgan fingerprint density at radius 1 is 1.17 bits per heavy atom. The molecule has 0 aromatic rings. The normalized spacial score (nSPS) is 26.2. The highest BCUT2D eigenvalue weighted by molar-refractivity contribution is 7.92. The first-order chi connectivity index (χ1) is 13.1. The van der Waals surface area contributed by atoms with Crippen molar-refractivity contribution in [3.63, 3.8) is 0 Å². The van der Waals surface area contributed by atoms with E-state index in [2.05, 4.69) is 18.7 Å². The number of nitrogens with zero attached hydrogens (tertiary/aromatic N) is 2. The molecule has 0 aromatic carbocycles. The Labute approximate surface area is 170 Å². The SMILES string of the molecule is CCS(=O)(=O)N1CC[C@@H]2[C@H](CC1)N(CC(C)C)CCS2(=O)=O.O=C(O)C(F)(F)F. The van der Waals surface area contributed by atoms with Crippen molar-refractivity contribution in [1.82, 2.24) is 9.21 Å². The standard InChI is InChI=1S/C14H28N2O4S2.C2HF3O2/c1-4-22(19,20)16-7-5-13-14(6-8-16)21(17,18)10-9-15(13)11-12(2)3;3-2(4,5)1(6)7/h12-14H,4-11H2,1-3H3;(H,6,7)/t13-,14+;/m0./s1. The van der Waals surface area contributed by atoms with Crippen LogP contribution < -0.4 is 0 Å². The Kier molecular flexibility index (Phi) is 8.94. The lowest BCUT2D eigenvalue weighted by Gasteiger charge is -2.40. The van der Waals surface area contributed by atoms with E-state index in [1.165, 1.54) is 4.31 Å². The van der Waals surface area contributed by atoms with E-state index >= 15 is 0 Å². The molecule has 2 heterocycles. The Morgan fingerprint density at radius 3 is 2.14 bits per heavy atom. The first-order valence-corrected chi connectivity index (χ1v) is 12.7. The molecule has 2 aliphatic heterocycles. The van der Waals surface area contributed by atoms with Crippen LogP contribution in [-0.4, -0.2) is 92.3 Å². The summed E-state index contributed by atoms with van der Waals surface area (Å²) < 4.78 is 82.3. The maximum Gasteiger partial charge on any atom is 0.490 e. The lowest BCUT2D eigenvalue weighted by Crippen LogP contribution is -2.55. The average molecular weight is 467 g/mol. The number of hydrogen-bond acceptors (Lipinski definition) is 6. The molecular formula is C16H29F3N2O6S2. The molecular weight excluding hydrogens is 437 g/mol. The fourth-order valence-electron chi connectivity index (χ4n) is 3.59. The van der Waals surface area contributed by atoms with Crippen molar-refractivity contribution in [2.45, 2.75) is 51.1 Å². The first kappa shape index (κ1) is 26.1. The predicted molar refractivity (Wildman–Crippen MR) is 102 cm³/mol. The third-order valence-electron chi connectivity index (χ3n) is 4.96. The third-order valence-corrected chi connectivity index (χ3v) is 9.07. The van der Waals surface area contributed by atoms with Gasteiger partial charge < -0.3 is 5.11 Å². The molecule has 1 N–H and O–H groups in total. The Bertz CT molecular complexity index is 768. The monoisotopic (exact) mass is 466 g/mol. The van der Waals surface area contributed by atoms with E-state index < -0.39 is 37.3 Å². The Morgan fingerprint density at radius 2 is 1.69 bits per heavy atom. The summed E-state index contributed by atoms with van der Waals surface area (Å²) in [5.74, 6) is -2.01. The largest absolute Gasteiger partial charge is 0.490 e. The summed E-state index contributed by atoms with van der Waals surface area (Å²) in [4.78, 5) is 11.2. The molecule has 2 aliphatic rings. The molecule has 0 aliphatic carbocycles. The molecule has 0 amide bonds. The Balaban J connectivity index is 0.000000516. The van der Waals surface area contributed by atoms with Gasteiger partial charge in [0.25, 0.3) is 0 Å². The minimum Gasteiger partial charge on any atom is -0.475 e. The summed E-state index contributed by atoms with van der Waals surface area (Å²) in [5, 5.41) is 6.71. The van der Waals surface area contributed by atoms with Crippen LogP contribution in [0.5, 0.6) is 0 Å². The van der Waals surface area contributed by atoms with Gasteiger partial charge in [-0.3, -0.25) is 4.90 Å². The van der Waals surface area contributed by atoms with E-state index in [1.54, 1.807) is 6.92 Å². The summed E-state index contributed by atoms with van der Waals surface area (Å²) >= 11 is 0. The number of carbonyl (C=O) groups is 1. The second-order valence-corrected chi connectivity index (χ2v) is 12.1. The van der Waals surface area contributed by atoms with Gasteiger partial charge >= 0.3 is 12.1 Å². The number of alkyl halides is 3. The number of carboxylic acid groups (broad SMARTS) is 1. The molecule has 172 valence electrons. The van der Waals surface area contributed by atoms with Gasteiger partial charge in [0.05, 0.1) is 16.8 Å². The first-order valence-electron chi connectivity index (χ1n) is 9.35. The molecule has 0 radical (unpaired) electrons. The summed E-state index contributed by atoms with van der Waals surface area (Å²) in [6.45, 7) is 8.09. The number of aliphatic carboxylic acids is 1. The number of fused-ring (bicyclic) bond motifs is 1. The summed E-state index contributed by atoms with van der Waals surface area (Å²) in [6.07, 6.45) is -4.06. The number of sulfone groups is 1. The van der Waals surface area contributed by atoms with E-state index in [-0.39, 0.29) is 17.5 Å². The van der Waals surface area contributed by atoms with Gasteiger partial charge in [-0.15, -0.1) is 0 Å². The molecule has 0 saturated carbocycles. The van der Waals surface area contributed by atoms with Crippen molar-refractivity contribution in [2.24, 2.45) is 5.92 Å². The molecule has 2 atom stereocenters.